The number of alkyl carbamates (subject to hydrolysis) is 1. The lowest BCUT2D eigenvalue weighted by molar-refractivity contribution is -0.143. The number of amides is 3. The molecule has 2 aromatic rings. The molecule has 0 aliphatic rings. The zero-order chi connectivity index (χ0) is 28.1. The maximum absolute atomic E-state index is 14.0. The Bertz CT molecular complexity index is 1020. The summed E-state index contributed by atoms with van der Waals surface area (Å²) in [5.74, 6) is -0.940. The third kappa shape index (κ3) is 10.0. The third-order valence-corrected chi connectivity index (χ3v) is 5.74. The second-order valence-electron chi connectivity index (χ2n) is 10.1. The zero-order valence-corrected chi connectivity index (χ0v) is 22.8. The highest BCUT2D eigenvalue weighted by Crippen LogP contribution is 2.25. The highest BCUT2D eigenvalue weighted by Gasteiger charge is 2.36. The summed E-state index contributed by atoms with van der Waals surface area (Å²) in [4.78, 5) is 41.4. The van der Waals surface area contributed by atoms with E-state index in [4.69, 9.17) is 4.74 Å². The Morgan fingerprint density at radius 2 is 1.66 bits per heavy atom. The van der Waals surface area contributed by atoms with Crippen molar-refractivity contribution in [2.24, 2.45) is 0 Å². The van der Waals surface area contributed by atoms with Gasteiger partial charge in [-0.05, 0) is 50.5 Å². The predicted molar refractivity (Wildman–Crippen MR) is 145 cm³/mol. The van der Waals surface area contributed by atoms with Crippen LogP contribution in [-0.2, 0) is 20.7 Å². The number of carbonyl (C=O) groups excluding carboxylic acids is 3. The molecule has 0 bridgehead atoms. The standard InChI is InChI=1S/C29H41N3O6/c1-5-6-10-17-30-26(35)25(22-13-15-23(34)16-14-22)32(18-19-33)27(36)24(20-21-11-8-7-9-12-21)31-28(37)38-29(2,3)4/h7-9,11-16,24-25,33-34H,5-6,10,17-20H2,1-4H3,(H,30,35)(H,31,37). The van der Waals surface area contributed by atoms with E-state index >= 15 is 0 Å². The molecule has 0 saturated carbocycles. The Morgan fingerprint density at radius 1 is 1.00 bits per heavy atom. The molecule has 0 spiro atoms. The summed E-state index contributed by atoms with van der Waals surface area (Å²) in [5.41, 5.74) is 0.492. The van der Waals surface area contributed by atoms with Crippen molar-refractivity contribution in [1.29, 1.82) is 0 Å². The monoisotopic (exact) mass is 527 g/mol. The number of nitrogens with zero attached hydrogens (tertiary/aromatic N) is 1. The average molecular weight is 528 g/mol. The van der Waals surface area contributed by atoms with Gasteiger partial charge < -0.3 is 30.5 Å². The van der Waals surface area contributed by atoms with E-state index in [-0.39, 0.29) is 18.7 Å². The van der Waals surface area contributed by atoms with E-state index in [1.54, 1.807) is 32.9 Å². The molecule has 3 amide bonds. The van der Waals surface area contributed by atoms with Crippen LogP contribution >= 0.6 is 0 Å². The zero-order valence-electron chi connectivity index (χ0n) is 22.8. The fraction of sp³-hybridized carbons (Fsp3) is 0.483. The Kier molecular flexibility index (Phi) is 12.1. The van der Waals surface area contributed by atoms with Crippen LogP contribution in [0.4, 0.5) is 4.79 Å². The Balaban J connectivity index is 2.44. The number of aromatic hydroxyl groups is 1. The number of carbonyl (C=O) groups is 3. The number of hydrogen-bond acceptors (Lipinski definition) is 6. The molecule has 9 nitrogen and oxygen atoms in total. The van der Waals surface area contributed by atoms with Crippen LogP contribution in [0.25, 0.3) is 0 Å². The van der Waals surface area contributed by atoms with Crippen molar-refractivity contribution in [3.05, 3.63) is 65.7 Å². The molecule has 0 heterocycles. The quantitative estimate of drug-likeness (QED) is 0.294. The molecule has 0 aliphatic carbocycles. The van der Waals surface area contributed by atoms with Crippen molar-refractivity contribution in [3.63, 3.8) is 0 Å². The van der Waals surface area contributed by atoms with Crippen LogP contribution in [0.15, 0.2) is 54.6 Å². The number of nitrogens with one attached hydrogen (secondary N) is 2. The average Bonchev–Trinajstić information content (AvgIpc) is 2.86. The summed E-state index contributed by atoms with van der Waals surface area (Å²) >= 11 is 0. The van der Waals surface area contributed by atoms with Crippen LogP contribution in [0.3, 0.4) is 0 Å². The summed E-state index contributed by atoms with van der Waals surface area (Å²) < 4.78 is 5.40. The molecule has 0 fully saturated rings. The van der Waals surface area contributed by atoms with Gasteiger partial charge in [-0.2, -0.15) is 0 Å². The number of phenolic OH excluding ortho intramolecular Hbond substituents is 1. The SMILES string of the molecule is CCCCCNC(=O)C(c1ccc(O)cc1)N(CCO)C(=O)C(Cc1ccccc1)NC(=O)OC(C)(C)C. The smallest absolute Gasteiger partial charge is 0.408 e. The van der Waals surface area contributed by atoms with Crippen molar-refractivity contribution in [2.45, 2.75) is 71.1 Å². The minimum absolute atomic E-state index is 0.0180. The van der Waals surface area contributed by atoms with E-state index in [0.717, 1.165) is 24.8 Å². The summed E-state index contributed by atoms with van der Waals surface area (Å²) in [6, 6.07) is 13.1. The molecular weight excluding hydrogens is 486 g/mol. The van der Waals surface area contributed by atoms with Crippen LogP contribution in [-0.4, -0.2) is 64.4 Å². The van der Waals surface area contributed by atoms with Crippen molar-refractivity contribution >= 4 is 17.9 Å². The van der Waals surface area contributed by atoms with Gasteiger partial charge in [0.1, 0.15) is 23.4 Å². The number of hydrogen-bond donors (Lipinski definition) is 4. The molecule has 208 valence electrons. The molecule has 0 radical (unpaired) electrons. The number of rotatable bonds is 13. The van der Waals surface area contributed by atoms with E-state index in [9.17, 15) is 24.6 Å². The van der Waals surface area contributed by atoms with Crippen LogP contribution in [0, 0.1) is 0 Å². The van der Waals surface area contributed by atoms with Gasteiger partial charge in [-0.15, -0.1) is 0 Å². The number of unbranched alkanes of at least 4 members (excludes halogenated alkanes) is 2. The lowest BCUT2D eigenvalue weighted by Crippen LogP contribution is -2.54. The molecule has 0 saturated heterocycles. The second-order valence-corrected chi connectivity index (χ2v) is 10.1. The minimum atomic E-state index is -1.09. The van der Waals surface area contributed by atoms with Gasteiger partial charge >= 0.3 is 6.09 Å². The maximum Gasteiger partial charge on any atom is 0.408 e. The van der Waals surface area contributed by atoms with Crippen molar-refractivity contribution in [3.8, 4) is 5.75 Å². The number of aliphatic hydroxyl groups is 1. The number of phenols is 1. The lowest BCUT2D eigenvalue weighted by atomic mass is 10.00. The van der Waals surface area contributed by atoms with Crippen LogP contribution < -0.4 is 10.6 Å². The normalized spacial score (nSPS) is 12.8. The van der Waals surface area contributed by atoms with E-state index in [0.29, 0.717) is 12.1 Å². The summed E-state index contributed by atoms with van der Waals surface area (Å²) in [6.07, 6.45) is 2.11. The van der Waals surface area contributed by atoms with Gasteiger partial charge in [0.25, 0.3) is 0 Å². The van der Waals surface area contributed by atoms with Gasteiger partial charge in [0, 0.05) is 19.5 Å². The molecule has 2 atom stereocenters. The summed E-state index contributed by atoms with van der Waals surface area (Å²) in [6.45, 7) is 7.13. The molecule has 0 aromatic heterocycles. The van der Waals surface area contributed by atoms with E-state index in [1.807, 2.05) is 30.3 Å². The molecule has 38 heavy (non-hydrogen) atoms. The van der Waals surface area contributed by atoms with Crippen LogP contribution in [0.1, 0.15) is 64.1 Å². The van der Waals surface area contributed by atoms with Gasteiger partial charge in [0.15, 0.2) is 0 Å². The van der Waals surface area contributed by atoms with Gasteiger partial charge in [0.2, 0.25) is 11.8 Å². The molecule has 2 unspecified atom stereocenters. The number of aliphatic hydroxyl groups excluding tert-OH is 1. The van der Waals surface area contributed by atoms with Crippen LogP contribution in [0.2, 0.25) is 0 Å². The maximum atomic E-state index is 14.0. The molecule has 4 N–H and O–H groups in total. The number of ether oxygens (including phenoxy) is 1. The largest absolute Gasteiger partial charge is 0.508 e. The highest BCUT2D eigenvalue weighted by atomic mass is 16.6. The molecule has 0 aliphatic heterocycles. The van der Waals surface area contributed by atoms with Crippen molar-refractivity contribution in [1.82, 2.24) is 15.5 Å². The van der Waals surface area contributed by atoms with E-state index < -0.39 is 42.2 Å². The van der Waals surface area contributed by atoms with Crippen LogP contribution in [0.5, 0.6) is 5.75 Å². The summed E-state index contributed by atoms with van der Waals surface area (Å²) in [7, 11) is 0. The first-order chi connectivity index (χ1) is 18.1. The first kappa shape index (κ1) is 30.6. The van der Waals surface area contributed by atoms with Crippen molar-refractivity contribution < 1.29 is 29.3 Å². The van der Waals surface area contributed by atoms with Gasteiger partial charge in [-0.25, -0.2) is 4.79 Å². The van der Waals surface area contributed by atoms with E-state index in [1.165, 1.54) is 17.0 Å². The molecular formula is C29H41N3O6. The van der Waals surface area contributed by atoms with E-state index in [2.05, 4.69) is 17.6 Å². The van der Waals surface area contributed by atoms with Gasteiger partial charge in [-0.3, -0.25) is 9.59 Å². The fourth-order valence-corrected chi connectivity index (χ4v) is 3.99. The van der Waals surface area contributed by atoms with Gasteiger partial charge in [-0.1, -0.05) is 62.2 Å². The first-order valence-corrected chi connectivity index (χ1v) is 13.1. The number of benzene rings is 2. The fourth-order valence-electron chi connectivity index (χ4n) is 3.99. The Labute approximate surface area is 225 Å². The molecule has 9 heteroatoms. The highest BCUT2D eigenvalue weighted by molar-refractivity contribution is 5.92. The van der Waals surface area contributed by atoms with Crippen molar-refractivity contribution in [2.75, 3.05) is 19.7 Å². The predicted octanol–water partition coefficient (Wildman–Crippen LogP) is 3.70. The molecule has 2 rings (SSSR count). The molecule has 2 aromatic carbocycles. The first-order valence-electron chi connectivity index (χ1n) is 13.1. The Morgan fingerprint density at radius 3 is 2.24 bits per heavy atom. The Hall–Kier alpha value is -3.59. The third-order valence-electron chi connectivity index (χ3n) is 5.74. The minimum Gasteiger partial charge on any atom is -0.508 e. The lowest BCUT2D eigenvalue weighted by Gasteiger charge is -2.34. The van der Waals surface area contributed by atoms with Gasteiger partial charge in [0.05, 0.1) is 6.61 Å². The summed E-state index contributed by atoms with van der Waals surface area (Å²) in [5, 5.41) is 25.2. The topological polar surface area (TPSA) is 128 Å². The second kappa shape index (κ2) is 15.0.